The van der Waals surface area contributed by atoms with Gasteiger partial charge in [0.15, 0.2) is 17.5 Å². The summed E-state index contributed by atoms with van der Waals surface area (Å²) in [7, 11) is 0. The number of benzene rings is 8. The SMILES string of the molecule is c1ccc(-c2nc(-c3ccccc3)nc(-c3ccc4oc5cc(-c6cccc7c6sc6cc(-n8c9ccccc9c9ccccc98)ccc67)ccc5c4c3)n2)cc1. The van der Waals surface area contributed by atoms with Crippen molar-refractivity contribution in [3.8, 4) is 51.0 Å². The first kappa shape index (κ1) is 31.9. The minimum absolute atomic E-state index is 0.619. The first-order chi connectivity index (χ1) is 28.2. The van der Waals surface area contributed by atoms with Gasteiger partial charge in [-0.1, -0.05) is 127 Å². The smallest absolute Gasteiger partial charge is 0.164 e. The number of aromatic nitrogens is 4. The van der Waals surface area contributed by atoms with E-state index in [4.69, 9.17) is 19.4 Å². The summed E-state index contributed by atoms with van der Waals surface area (Å²) in [6.07, 6.45) is 0. The van der Waals surface area contributed by atoms with E-state index >= 15 is 0 Å². The maximum atomic E-state index is 6.54. The predicted octanol–water partition coefficient (Wildman–Crippen LogP) is 13.9. The van der Waals surface area contributed by atoms with E-state index in [1.165, 1.54) is 53.2 Å². The van der Waals surface area contributed by atoms with Gasteiger partial charge in [-0.15, -0.1) is 11.3 Å². The monoisotopic (exact) mass is 746 g/mol. The van der Waals surface area contributed by atoms with Crippen LogP contribution in [0.25, 0.3) is 115 Å². The molecule has 0 aliphatic heterocycles. The van der Waals surface area contributed by atoms with Crippen molar-refractivity contribution in [2.45, 2.75) is 0 Å². The molecule has 4 aromatic heterocycles. The van der Waals surface area contributed by atoms with Gasteiger partial charge in [0.1, 0.15) is 11.2 Å². The zero-order valence-corrected chi connectivity index (χ0v) is 31.2. The number of hydrogen-bond donors (Lipinski definition) is 0. The van der Waals surface area contributed by atoms with Crippen molar-refractivity contribution in [2.75, 3.05) is 0 Å². The molecule has 0 saturated heterocycles. The molecule has 12 aromatic rings. The second-order valence-electron chi connectivity index (χ2n) is 14.4. The standard InChI is InChI=1S/C51H30N4OS/c1-3-12-31(13-4-1)49-52-50(32-14-5-2-6-15-32)54-51(53-49)34-23-27-45-42(28-34)39-25-22-33(29-46(39)56-45)36-18-11-19-41-40-26-24-35(30-47(40)57-48(36)41)55-43-20-9-7-16-37(43)38-17-8-10-21-44(38)55/h1-30H. The van der Waals surface area contributed by atoms with Gasteiger partial charge < -0.3 is 8.98 Å². The lowest BCUT2D eigenvalue weighted by Crippen LogP contribution is -2.00. The molecule has 0 N–H and O–H groups in total. The highest BCUT2D eigenvalue weighted by molar-refractivity contribution is 7.26. The Hall–Kier alpha value is -7.41. The van der Waals surface area contributed by atoms with E-state index in [9.17, 15) is 0 Å². The van der Waals surface area contributed by atoms with Gasteiger partial charge in [-0.25, -0.2) is 15.0 Å². The van der Waals surface area contributed by atoms with Crippen LogP contribution < -0.4 is 0 Å². The van der Waals surface area contributed by atoms with Crippen LogP contribution in [0.5, 0.6) is 0 Å². The molecule has 266 valence electrons. The molecule has 12 rings (SSSR count). The zero-order valence-electron chi connectivity index (χ0n) is 30.4. The minimum atomic E-state index is 0.619. The van der Waals surface area contributed by atoms with Crippen LogP contribution in [0.15, 0.2) is 186 Å². The third-order valence-corrected chi connectivity index (χ3v) is 12.3. The van der Waals surface area contributed by atoms with Gasteiger partial charge in [-0.05, 0) is 65.7 Å². The Morgan fingerprint density at radius 3 is 1.68 bits per heavy atom. The van der Waals surface area contributed by atoms with Gasteiger partial charge in [-0.2, -0.15) is 0 Å². The third kappa shape index (κ3) is 5.12. The van der Waals surface area contributed by atoms with E-state index in [0.29, 0.717) is 17.5 Å². The van der Waals surface area contributed by atoms with Crippen molar-refractivity contribution in [1.82, 2.24) is 19.5 Å². The first-order valence-corrected chi connectivity index (χ1v) is 19.8. The molecular formula is C51H30N4OS. The average Bonchev–Trinajstić information content (AvgIpc) is 3.95. The summed E-state index contributed by atoms with van der Waals surface area (Å²) in [6.45, 7) is 0. The van der Waals surface area contributed by atoms with Crippen LogP contribution in [0.4, 0.5) is 0 Å². The van der Waals surface area contributed by atoms with E-state index < -0.39 is 0 Å². The highest BCUT2D eigenvalue weighted by Crippen LogP contribution is 2.43. The van der Waals surface area contributed by atoms with E-state index in [2.05, 4.69) is 114 Å². The van der Waals surface area contributed by atoms with Crippen LogP contribution >= 0.6 is 11.3 Å². The van der Waals surface area contributed by atoms with E-state index in [1.807, 2.05) is 84.1 Å². The Kier molecular flexibility index (Phi) is 7.03. The maximum absolute atomic E-state index is 6.54. The Labute approximate surface area is 330 Å². The molecule has 0 saturated carbocycles. The molecule has 8 aromatic carbocycles. The van der Waals surface area contributed by atoms with E-state index in [-0.39, 0.29) is 0 Å². The maximum Gasteiger partial charge on any atom is 0.164 e. The number of thiophene rings is 1. The Balaban J connectivity index is 0.956. The lowest BCUT2D eigenvalue weighted by molar-refractivity contribution is 0.669. The molecule has 0 aliphatic rings. The molecule has 0 atom stereocenters. The number of fused-ring (bicyclic) bond motifs is 9. The van der Waals surface area contributed by atoms with Gasteiger partial charge in [0.05, 0.1) is 11.0 Å². The Morgan fingerprint density at radius 2 is 0.982 bits per heavy atom. The number of rotatable bonds is 5. The quantitative estimate of drug-likeness (QED) is 0.176. The third-order valence-electron chi connectivity index (χ3n) is 11.1. The van der Waals surface area contributed by atoms with E-state index in [0.717, 1.165) is 44.2 Å². The number of furan rings is 1. The van der Waals surface area contributed by atoms with Crippen LogP contribution in [0.3, 0.4) is 0 Å². The van der Waals surface area contributed by atoms with Crippen molar-refractivity contribution in [3.63, 3.8) is 0 Å². The average molecular weight is 747 g/mol. The molecule has 5 nitrogen and oxygen atoms in total. The van der Waals surface area contributed by atoms with Crippen LogP contribution in [0.1, 0.15) is 0 Å². The van der Waals surface area contributed by atoms with Crippen molar-refractivity contribution >= 4 is 75.3 Å². The lowest BCUT2D eigenvalue weighted by Gasteiger charge is -2.08. The molecule has 0 unspecified atom stereocenters. The molecule has 0 bridgehead atoms. The van der Waals surface area contributed by atoms with Crippen LogP contribution in [-0.4, -0.2) is 19.5 Å². The number of nitrogens with zero attached hydrogens (tertiary/aromatic N) is 4. The number of para-hydroxylation sites is 2. The normalized spacial score (nSPS) is 11.9. The van der Waals surface area contributed by atoms with Crippen molar-refractivity contribution < 1.29 is 4.42 Å². The second-order valence-corrected chi connectivity index (χ2v) is 15.4. The summed E-state index contributed by atoms with van der Waals surface area (Å²) >= 11 is 1.85. The summed E-state index contributed by atoms with van der Waals surface area (Å²) in [4.78, 5) is 14.8. The Morgan fingerprint density at radius 1 is 0.386 bits per heavy atom. The Bertz CT molecular complexity index is 3420. The summed E-state index contributed by atoms with van der Waals surface area (Å²) < 4.78 is 11.5. The number of hydrogen-bond acceptors (Lipinski definition) is 5. The van der Waals surface area contributed by atoms with Gasteiger partial charge in [0.2, 0.25) is 0 Å². The van der Waals surface area contributed by atoms with Gasteiger partial charge in [0.25, 0.3) is 0 Å². The summed E-state index contributed by atoms with van der Waals surface area (Å²) in [6, 6.07) is 63.8. The highest BCUT2D eigenvalue weighted by Gasteiger charge is 2.18. The molecule has 0 spiro atoms. The van der Waals surface area contributed by atoms with Crippen LogP contribution in [0, 0.1) is 0 Å². The summed E-state index contributed by atoms with van der Waals surface area (Å²) in [5, 5.41) is 7.14. The molecule has 0 aliphatic carbocycles. The highest BCUT2D eigenvalue weighted by atomic mass is 32.1. The van der Waals surface area contributed by atoms with Crippen molar-refractivity contribution in [1.29, 1.82) is 0 Å². The van der Waals surface area contributed by atoms with Crippen molar-refractivity contribution in [3.05, 3.63) is 182 Å². The first-order valence-electron chi connectivity index (χ1n) is 19.0. The van der Waals surface area contributed by atoms with Gasteiger partial charge in [-0.3, -0.25) is 0 Å². The summed E-state index contributed by atoms with van der Waals surface area (Å²) in [5.74, 6) is 1.90. The zero-order chi connectivity index (χ0) is 37.5. The molecule has 0 radical (unpaired) electrons. The van der Waals surface area contributed by atoms with Crippen LogP contribution in [-0.2, 0) is 0 Å². The fraction of sp³-hybridized carbons (Fsp3) is 0. The largest absolute Gasteiger partial charge is 0.456 e. The lowest BCUT2D eigenvalue weighted by atomic mass is 10.0. The topological polar surface area (TPSA) is 56.7 Å². The fourth-order valence-electron chi connectivity index (χ4n) is 8.38. The fourth-order valence-corrected chi connectivity index (χ4v) is 9.65. The van der Waals surface area contributed by atoms with Gasteiger partial charge in [0, 0.05) is 64.1 Å². The minimum Gasteiger partial charge on any atom is -0.456 e. The van der Waals surface area contributed by atoms with E-state index in [1.54, 1.807) is 0 Å². The summed E-state index contributed by atoms with van der Waals surface area (Å²) in [5.41, 5.74) is 10.4. The van der Waals surface area contributed by atoms with Crippen molar-refractivity contribution in [2.24, 2.45) is 0 Å². The molecular weight excluding hydrogens is 717 g/mol. The van der Waals surface area contributed by atoms with Crippen LogP contribution in [0.2, 0.25) is 0 Å². The molecule has 6 heteroatoms. The molecule has 0 amide bonds. The molecule has 0 fully saturated rings. The molecule has 57 heavy (non-hydrogen) atoms. The molecule has 4 heterocycles. The second kappa shape index (κ2) is 12.6. The predicted molar refractivity (Wildman–Crippen MR) is 236 cm³/mol. The van der Waals surface area contributed by atoms with Gasteiger partial charge >= 0.3 is 0 Å².